The van der Waals surface area contributed by atoms with Crippen molar-refractivity contribution in [3.05, 3.63) is 58.6 Å². The van der Waals surface area contributed by atoms with E-state index in [0.29, 0.717) is 12.1 Å². The molecule has 0 aliphatic heterocycles. The summed E-state index contributed by atoms with van der Waals surface area (Å²) in [6.45, 7) is 1.49. The molecule has 1 aromatic heterocycles. The number of hydrogen-bond donors (Lipinski definition) is 1. The van der Waals surface area contributed by atoms with Gasteiger partial charge in [-0.2, -0.15) is 0 Å². The van der Waals surface area contributed by atoms with Gasteiger partial charge in [0.1, 0.15) is 0 Å². The van der Waals surface area contributed by atoms with Gasteiger partial charge in [0.2, 0.25) is 0 Å². The van der Waals surface area contributed by atoms with Crippen LogP contribution in [0.2, 0.25) is 0 Å². The highest BCUT2D eigenvalue weighted by atomic mass is 79.9. The average molecular weight is 405 g/mol. The van der Waals surface area contributed by atoms with Crippen LogP contribution >= 0.6 is 27.3 Å². The van der Waals surface area contributed by atoms with Crippen LogP contribution in [0.3, 0.4) is 0 Å². The lowest BCUT2D eigenvalue weighted by molar-refractivity contribution is -0.856. The van der Waals surface area contributed by atoms with E-state index in [1.807, 2.05) is 48.5 Å². The quantitative estimate of drug-likeness (QED) is 0.709. The first-order chi connectivity index (χ1) is 11.5. The maximum Gasteiger partial charge on any atom is 0.260 e. The van der Waals surface area contributed by atoms with Crippen LogP contribution < -0.4 is 9.80 Å². The maximum absolute atomic E-state index is 13.0. The van der Waals surface area contributed by atoms with Crippen molar-refractivity contribution in [2.45, 2.75) is 0 Å². The van der Waals surface area contributed by atoms with E-state index in [-0.39, 0.29) is 5.91 Å². The van der Waals surface area contributed by atoms with E-state index in [1.165, 1.54) is 4.90 Å². The molecule has 0 spiro atoms. The number of quaternary nitrogens is 1. The molecule has 1 amide bonds. The van der Waals surface area contributed by atoms with Crippen molar-refractivity contribution in [2.75, 3.05) is 32.1 Å². The number of nitrogens with one attached hydrogen (secondary N) is 1. The first kappa shape index (κ1) is 17.1. The van der Waals surface area contributed by atoms with E-state index in [4.69, 9.17) is 0 Å². The third-order valence-corrected chi connectivity index (χ3v) is 5.22. The fourth-order valence-corrected chi connectivity index (χ4v) is 3.76. The molecule has 2 aromatic carbocycles. The summed E-state index contributed by atoms with van der Waals surface area (Å²) in [6, 6.07) is 15.5. The highest BCUT2D eigenvalue weighted by Crippen LogP contribution is 2.29. The van der Waals surface area contributed by atoms with Gasteiger partial charge in [0.25, 0.3) is 5.91 Å². The Kier molecular flexibility index (Phi) is 5.28. The number of anilines is 1. The standard InChI is InChI=1S/C18H18BrN3OS/c1-21(2)10-11-22(17(23)13-6-5-7-14(19)12-13)18-20-15-8-3-4-9-16(15)24-18/h3-9,12H,10-11H2,1-2H3/p+1. The van der Waals surface area contributed by atoms with Gasteiger partial charge in [-0.15, -0.1) is 0 Å². The number of amides is 1. The lowest BCUT2D eigenvalue weighted by Gasteiger charge is -2.20. The third-order valence-electron chi connectivity index (χ3n) is 3.67. The minimum Gasteiger partial charge on any atom is -0.338 e. The molecular weight excluding hydrogens is 386 g/mol. The Morgan fingerprint density at radius 1 is 1.21 bits per heavy atom. The fourth-order valence-electron chi connectivity index (χ4n) is 2.37. The zero-order valence-electron chi connectivity index (χ0n) is 13.6. The molecule has 0 aliphatic carbocycles. The predicted molar refractivity (Wildman–Crippen MR) is 103 cm³/mol. The second-order valence-electron chi connectivity index (χ2n) is 5.89. The van der Waals surface area contributed by atoms with Crippen molar-refractivity contribution < 1.29 is 9.69 Å². The van der Waals surface area contributed by atoms with Crippen molar-refractivity contribution in [1.82, 2.24) is 4.98 Å². The van der Waals surface area contributed by atoms with E-state index in [0.717, 1.165) is 26.4 Å². The summed E-state index contributed by atoms with van der Waals surface area (Å²) in [4.78, 5) is 20.8. The SMILES string of the molecule is C[NH+](C)CCN(C(=O)c1cccc(Br)c1)c1nc2ccccc2s1. The van der Waals surface area contributed by atoms with E-state index in [1.54, 1.807) is 16.2 Å². The highest BCUT2D eigenvalue weighted by Gasteiger charge is 2.22. The molecule has 0 saturated heterocycles. The van der Waals surface area contributed by atoms with E-state index < -0.39 is 0 Å². The third kappa shape index (κ3) is 3.83. The molecule has 0 aliphatic rings. The van der Waals surface area contributed by atoms with Gasteiger partial charge < -0.3 is 4.90 Å². The summed E-state index contributed by atoms with van der Waals surface area (Å²) in [5, 5.41) is 0.752. The predicted octanol–water partition coefficient (Wildman–Crippen LogP) is 2.85. The Morgan fingerprint density at radius 3 is 2.71 bits per heavy atom. The van der Waals surface area contributed by atoms with E-state index in [2.05, 4.69) is 35.0 Å². The molecule has 0 unspecified atom stereocenters. The van der Waals surface area contributed by atoms with Crippen LogP contribution in [0.5, 0.6) is 0 Å². The molecule has 3 rings (SSSR count). The summed E-state index contributed by atoms with van der Waals surface area (Å²) in [6.07, 6.45) is 0. The molecule has 24 heavy (non-hydrogen) atoms. The molecule has 4 nitrogen and oxygen atoms in total. The molecule has 124 valence electrons. The zero-order valence-corrected chi connectivity index (χ0v) is 16.0. The smallest absolute Gasteiger partial charge is 0.260 e. The largest absolute Gasteiger partial charge is 0.338 e. The Morgan fingerprint density at radius 2 is 2.00 bits per heavy atom. The maximum atomic E-state index is 13.0. The fraction of sp³-hybridized carbons (Fsp3) is 0.222. The van der Waals surface area contributed by atoms with Crippen molar-refractivity contribution in [1.29, 1.82) is 0 Å². The van der Waals surface area contributed by atoms with Crippen LogP contribution in [0, 0.1) is 0 Å². The molecule has 1 heterocycles. The van der Waals surface area contributed by atoms with Gasteiger partial charge in [0.05, 0.1) is 37.4 Å². The van der Waals surface area contributed by atoms with Crippen LogP contribution in [0.15, 0.2) is 53.0 Å². The minimum absolute atomic E-state index is 0.0170. The van der Waals surface area contributed by atoms with Crippen molar-refractivity contribution in [3.8, 4) is 0 Å². The Hall–Kier alpha value is -1.76. The molecule has 0 bridgehead atoms. The van der Waals surface area contributed by atoms with Gasteiger partial charge in [0, 0.05) is 10.0 Å². The number of rotatable bonds is 5. The van der Waals surface area contributed by atoms with Crippen molar-refractivity contribution in [2.24, 2.45) is 0 Å². The monoisotopic (exact) mass is 404 g/mol. The molecule has 0 saturated carbocycles. The first-order valence-corrected chi connectivity index (χ1v) is 9.37. The first-order valence-electron chi connectivity index (χ1n) is 7.76. The summed E-state index contributed by atoms with van der Waals surface area (Å²) in [7, 11) is 4.17. The van der Waals surface area contributed by atoms with Crippen LogP contribution in [0.4, 0.5) is 5.13 Å². The second kappa shape index (κ2) is 7.42. The number of likely N-dealkylation sites (N-methyl/N-ethyl adjacent to an activating group) is 1. The number of para-hydroxylation sites is 1. The normalized spacial score (nSPS) is 11.2. The van der Waals surface area contributed by atoms with Crippen LogP contribution in [0.1, 0.15) is 10.4 Å². The lowest BCUT2D eigenvalue weighted by atomic mass is 10.2. The van der Waals surface area contributed by atoms with Gasteiger partial charge >= 0.3 is 0 Å². The Labute approximate surface area is 153 Å². The van der Waals surface area contributed by atoms with Crippen LogP contribution in [0.25, 0.3) is 10.2 Å². The van der Waals surface area contributed by atoms with Crippen molar-refractivity contribution in [3.63, 3.8) is 0 Å². The molecule has 3 aromatic rings. The number of benzene rings is 2. The number of halogens is 1. The molecule has 0 fully saturated rings. The molecule has 6 heteroatoms. The molecule has 0 atom stereocenters. The van der Waals surface area contributed by atoms with Gasteiger partial charge in [0.15, 0.2) is 5.13 Å². The van der Waals surface area contributed by atoms with Gasteiger partial charge in [-0.05, 0) is 30.3 Å². The summed E-state index contributed by atoms with van der Waals surface area (Å²) < 4.78 is 1.99. The number of aromatic nitrogens is 1. The van der Waals surface area contributed by atoms with Crippen LogP contribution in [-0.2, 0) is 0 Å². The number of fused-ring (bicyclic) bond motifs is 1. The molecular formula is C18H19BrN3OS+. The minimum atomic E-state index is -0.0170. The van der Waals surface area contributed by atoms with Crippen molar-refractivity contribution >= 4 is 48.5 Å². The Bertz CT molecular complexity index is 829. The lowest BCUT2D eigenvalue weighted by Crippen LogP contribution is -3.06. The summed E-state index contributed by atoms with van der Waals surface area (Å²) >= 11 is 5.00. The topological polar surface area (TPSA) is 37.6 Å². The number of carbonyl (C=O) groups excluding carboxylic acids is 1. The summed E-state index contributed by atoms with van der Waals surface area (Å²) in [5.41, 5.74) is 1.60. The Balaban J connectivity index is 1.97. The number of carbonyl (C=O) groups is 1. The average Bonchev–Trinajstić information content (AvgIpc) is 2.98. The van der Waals surface area contributed by atoms with E-state index in [9.17, 15) is 4.79 Å². The number of nitrogens with zero attached hydrogens (tertiary/aromatic N) is 2. The summed E-state index contributed by atoms with van der Waals surface area (Å²) in [5.74, 6) is -0.0170. The van der Waals surface area contributed by atoms with Gasteiger partial charge in [-0.1, -0.05) is 45.5 Å². The molecule has 0 radical (unpaired) electrons. The van der Waals surface area contributed by atoms with Crippen LogP contribution in [-0.4, -0.2) is 38.1 Å². The highest BCUT2D eigenvalue weighted by molar-refractivity contribution is 9.10. The van der Waals surface area contributed by atoms with E-state index >= 15 is 0 Å². The number of hydrogen-bond acceptors (Lipinski definition) is 3. The van der Waals surface area contributed by atoms with Gasteiger partial charge in [-0.25, -0.2) is 4.98 Å². The zero-order chi connectivity index (χ0) is 17.1. The molecule has 1 N–H and O–H groups in total. The second-order valence-corrected chi connectivity index (χ2v) is 7.81. The number of thiazole rings is 1. The van der Waals surface area contributed by atoms with Gasteiger partial charge in [-0.3, -0.25) is 9.69 Å².